The topological polar surface area (TPSA) is 62.3 Å². The van der Waals surface area contributed by atoms with E-state index in [9.17, 15) is 13.2 Å². The summed E-state index contributed by atoms with van der Waals surface area (Å²) in [5.41, 5.74) is 6.15. The Morgan fingerprint density at radius 1 is 1.33 bits per heavy atom. The van der Waals surface area contributed by atoms with E-state index in [2.05, 4.69) is 9.84 Å². The van der Waals surface area contributed by atoms with Crippen molar-refractivity contribution in [1.29, 1.82) is 0 Å². The highest BCUT2D eigenvalue weighted by molar-refractivity contribution is 5.71. The molecule has 1 aromatic carbocycles. The van der Waals surface area contributed by atoms with Crippen LogP contribution in [0.1, 0.15) is 0 Å². The summed E-state index contributed by atoms with van der Waals surface area (Å²) < 4.78 is 48.0. The smallest absolute Gasteiger partial charge is 0.497 e. The summed E-state index contributed by atoms with van der Waals surface area (Å²) in [6.07, 6.45) is -1.71. The molecule has 2 rings (SSSR count). The first-order valence-electron chi connectivity index (χ1n) is 6.09. The van der Waals surface area contributed by atoms with Crippen molar-refractivity contribution in [1.82, 2.24) is 9.78 Å². The van der Waals surface area contributed by atoms with Crippen LogP contribution in [0.5, 0.6) is 11.5 Å². The largest absolute Gasteiger partial charge is 0.573 e. The van der Waals surface area contributed by atoms with Gasteiger partial charge in [0.2, 0.25) is 0 Å². The van der Waals surface area contributed by atoms with Crippen molar-refractivity contribution < 1.29 is 22.6 Å². The van der Waals surface area contributed by atoms with Gasteiger partial charge in [-0.1, -0.05) is 0 Å². The molecule has 0 aliphatic heterocycles. The first-order valence-corrected chi connectivity index (χ1v) is 6.09. The van der Waals surface area contributed by atoms with E-state index >= 15 is 0 Å². The molecule has 0 saturated carbocycles. The molecule has 2 aromatic rings. The van der Waals surface area contributed by atoms with E-state index in [1.165, 1.54) is 31.5 Å². The molecule has 0 aliphatic carbocycles. The average molecular weight is 301 g/mol. The van der Waals surface area contributed by atoms with Crippen molar-refractivity contribution in [2.75, 3.05) is 13.7 Å². The van der Waals surface area contributed by atoms with Crippen LogP contribution in [0.15, 0.2) is 30.6 Å². The predicted molar refractivity (Wildman–Crippen MR) is 70.0 cm³/mol. The Bertz CT molecular complexity index is 611. The molecule has 114 valence electrons. The molecule has 0 radical (unpaired) electrons. The fourth-order valence-corrected chi connectivity index (χ4v) is 1.83. The number of rotatable bonds is 5. The lowest BCUT2D eigenvalue weighted by atomic mass is 10.1. The molecule has 0 amide bonds. The first kappa shape index (κ1) is 15.2. The minimum absolute atomic E-state index is 0.245. The molecule has 1 heterocycles. The number of ether oxygens (including phenoxy) is 2. The second kappa shape index (κ2) is 6.04. The third-order valence-corrected chi connectivity index (χ3v) is 2.71. The molecule has 5 nitrogen and oxygen atoms in total. The van der Waals surface area contributed by atoms with E-state index in [1.54, 1.807) is 10.9 Å². The molecular formula is C13H14F3N3O2. The van der Waals surface area contributed by atoms with Crippen LogP contribution in [0.2, 0.25) is 0 Å². The Hall–Kier alpha value is -2.22. The molecule has 0 bridgehead atoms. The number of nitrogens with two attached hydrogens (primary N) is 1. The maximum absolute atomic E-state index is 12.5. The summed E-state index contributed by atoms with van der Waals surface area (Å²) in [6, 6.07) is 4.07. The fraction of sp³-hybridized carbons (Fsp3) is 0.308. The van der Waals surface area contributed by atoms with Crippen LogP contribution in [0, 0.1) is 0 Å². The van der Waals surface area contributed by atoms with Crippen LogP contribution in [-0.4, -0.2) is 29.8 Å². The van der Waals surface area contributed by atoms with Gasteiger partial charge in [-0.05, 0) is 18.2 Å². The van der Waals surface area contributed by atoms with Gasteiger partial charge in [-0.3, -0.25) is 4.68 Å². The zero-order valence-electron chi connectivity index (χ0n) is 11.2. The lowest BCUT2D eigenvalue weighted by Gasteiger charge is -2.13. The van der Waals surface area contributed by atoms with Crippen LogP contribution in [0.25, 0.3) is 11.1 Å². The van der Waals surface area contributed by atoms with E-state index in [4.69, 9.17) is 10.5 Å². The monoisotopic (exact) mass is 301 g/mol. The quantitative estimate of drug-likeness (QED) is 0.921. The zero-order chi connectivity index (χ0) is 15.5. The maximum atomic E-state index is 12.5. The predicted octanol–water partition coefficient (Wildman–Crippen LogP) is 2.42. The van der Waals surface area contributed by atoms with Crippen LogP contribution in [-0.2, 0) is 6.54 Å². The Morgan fingerprint density at radius 2 is 2.10 bits per heavy atom. The second-order valence-electron chi connectivity index (χ2n) is 4.19. The summed E-state index contributed by atoms with van der Waals surface area (Å²) in [6.45, 7) is 0.852. The maximum Gasteiger partial charge on any atom is 0.573 e. The van der Waals surface area contributed by atoms with E-state index < -0.39 is 6.36 Å². The molecule has 0 atom stereocenters. The molecule has 1 aromatic heterocycles. The normalized spacial score (nSPS) is 11.5. The number of benzene rings is 1. The molecule has 0 fully saturated rings. The Kier molecular flexibility index (Phi) is 4.37. The Balaban J connectivity index is 2.42. The van der Waals surface area contributed by atoms with Gasteiger partial charge in [0.1, 0.15) is 11.5 Å². The van der Waals surface area contributed by atoms with E-state index in [-0.39, 0.29) is 11.3 Å². The molecule has 0 spiro atoms. The highest BCUT2D eigenvalue weighted by Gasteiger charge is 2.32. The average Bonchev–Trinajstić information content (AvgIpc) is 2.86. The standard InChI is InChI=1S/C13H14F3N3O2/c1-20-10-2-3-12(21-13(14,15)16)11(6-10)9-7-18-19(8-9)5-4-17/h2-3,6-8H,4-5,17H2,1H3. The lowest BCUT2D eigenvalue weighted by Crippen LogP contribution is -2.17. The van der Waals surface area contributed by atoms with Gasteiger partial charge in [0, 0.05) is 23.9 Å². The SMILES string of the molecule is COc1ccc(OC(F)(F)F)c(-c2cnn(CCN)c2)c1. The van der Waals surface area contributed by atoms with Crippen LogP contribution in [0.4, 0.5) is 13.2 Å². The minimum atomic E-state index is -4.77. The van der Waals surface area contributed by atoms with Gasteiger partial charge >= 0.3 is 6.36 Å². The van der Waals surface area contributed by atoms with Gasteiger partial charge in [0.25, 0.3) is 0 Å². The number of hydrogen-bond acceptors (Lipinski definition) is 4. The van der Waals surface area contributed by atoms with E-state index in [0.717, 1.165) is 0 Å². The number of hydrogen-bond donors (Lipinski definition) is 1. The van der Waals surface area contributed by atoms with Crippen molar-refractivity contribution in [2.24, 2.45) is 5.73 Å². The van der Waals surface area contributed by atoms with E-state index in [1.807, 2.05) is 0 Å². The van der Waals surface area contributed by atoms with Crippen molar-refractivity contribution in [3.63, 3.8) is 0 Å². The highest BCUT2D eigenvalue weighted by Crippen LogP contribution is 2.36. The molecular weight excluding hydrogens is 287 g/mol. The lowest BCUT2D eigenvalue weighted by molar-refractivity contribution is -0.274. The number of methoxy groups -OCH3 is 1. The molecule has 0 aliphatic rings. The third kappa shape index (κ3) is 3.88. The van der Waals surface area contributed by atoms with Crippen molar-refractivity contribution in [3.8, 4) is 22.6 Å². The molecule has 21 heavy (non-hydrogen) atoms. The zero-order valence-corrected chi connectivity index (χ0v) is 11.2. The van der Waals surface area contributed by atoms with Crippen LogP contribution >= 0.6 is 0 Å². The minimum Gasteiger partial charge on any atom is -0.497 e. The summed E-state index contributed by atoms with van der Waals surface area (Å²) in [5, 5.41) is 4.03. The number of halogens is 3. The van der Waals surface area contributed by atoms with Crippen molar-refractivity contribution in [2.45, 2.75) is 12.9 Å². The van der Waals surface area contributed by atoms with Gasteiger partial charge in [-0.2, -0.15) is 5.10 Å². The number of nitrogens with zero attached hydrogens (tertiary/aromatic N) is 2. The Labute approximate surface area is 119 Å². The summed E-state index contributed by atoms with van der Waals surface area (Å²) in [4.78, 5) is 0. The first-order chi connectivity index (χ1) is 9.93. The molecule has 0 unspecified atom stereocenters. The molecule has 8 heteroatoms. The van der Waals surface area contributed by atoms with Gasteiger partial charge in [0.15, 0.2) is 0 Å². The second-order valence-corrected chi connectivity index (χ2v) is 4.19. The van der Waals surface area contributed by atoms with Crippen LogP contribution in [0.3, 0.4) is 0 Å². The Morgan fingerprint density at radius 3 is 2.71 bits per heavy atom. The molecule has 0 saturated heterocycles. The van der Waals surface area contributed by atoms with Gasteiger partial charge in [0.05, 0.1) is 19.9 Å². The third-order valence-electron chi connectivity index (χ3n) is 2.71. The van der Waals surface area contributed by atoms with Crippen molar-refractivity contribution in [3.05, 3.63) is 30.6 Å². The van der Waals surface area contributed by atoms with E-state index in [0.29, 0.717) is 24.4 Å². The van der Waals surface area contributed by atoms with Gasteiger partial charge in [-0.15, -0.1) is 13.2 Å². The van der Waals surface area contributed by atoms with Crippen LogP contribution < -0.4 is 15.2 Å². The van der Waals surface area contributed by atoms with Crippen molar-refractivity contribution >= 4 is 0 Å². The van der Waals surface area contributed by atoms with Gasteiger partial charge < -0.3 is 15.2 Å². The fourth-order valence-electron chi connectivity index (χ4n) is 1.83. The highest BCUT2D eigenvalue weighted by atomic mass is 19.4. The number of alkyl halides is 3. The number of aromatic nitrogens is 2. The van der Waals surface area contributed by atoms with Gasteiger partial charge in [-0.25, -0.2) is 0 Å². The summed E-state index contributed by atoms with van der Waals surface area (Å²) in [5.74, 6) is 0.113. The summed E-state index contributed by atoms with van der Waals surface area (Å²) >= 11 is 0. The summed E-state index contributed by atoms with van der Waals surface area (Å²) in [7, 11) is 1.43. The molecule has 2 N–H and O–H groups in total.